The molecule has 4 heterocycles. The Balaban J connectivity index is 1.23. The molecule has 4 atom stereocenters. The number of nitrogen functional groups attached to an aromatic ring is 1. The Morgan fingerprint density at radius 1 is 1.14 bits per heavy atom. The van der Waals surface area contributed by atoms with Crippen LogP contribution in [-0.4, -0.2) is 56.9 Å². The maximum atomic E-state index is 12.4. The van der Waals surface area contributed by atoms with Crippen molar-refractivity contribution in [1.29, 1.82) is 0 Å². The fraction of sp³-hybridized carbons (Fsp3) is 0.519. The molecule has 184 valence electrons. The van der Waals surface area contributed by atoms with Crippen LogP contribution in [0, 0.1) is 5.92 Å². The first kappa shape index (κ1) is 22.5. The number of benzene rings is 1. The molecule has 0 radical (unpaired) electrons. The molecule has 2 N–H and O–H groups in total. The van der Waals surface area contributed by atoms with Crippen LogP contribution >= 0.6 is 0 Å². The number of hydrogen-bond acceptors (Lipinski definition) is 6. The van der Waals surface area contributed by atoms with E-state index in [9.17, 15) is 4.79 Å². The molecule has 0 bridgehead atoms. The molecule has 35 heavy (non-hydrogen) atoms. The van der Waals surface area contributed by atoms with Gasteiger partial charge in [0, 0.05) is 19.8 Å². The van der Waals surface area contributed by atoms with Gasteiger partial charge in [0.05, 0.1) is 24.0 Å². The number of amides is 1. The summed E-state index contributed by atoms with van der Waals surface area (Å²) in [6.07, 6.45) is 7.88. The lowest BCUT2D eigenvalue weighted by Gasteiger charge is -2.24. The van der Waals surface area contributed by atoms with Crippen LogP contribution in [0.4, 0.5) is 5.82 Å². The van der Waals surface area contributed by atoms with Crippen molar-refractivity contribution >= 4 is 22.8 Å². The van der Waals surface area contributed by atoms with Gasteiger partial charge in [0.2, 0.25) is 5.91 Å². The minimum absolute atomic E-state index is 0.0303. The van der Waals surface area contributed by atoms with E-state index in [0.717, 1.165) is 43.3 Å². The number of aryl methyl sites for hydroxylation is 1. The van der Waals surface area contributed by atoms with Gasteiger partial charge in [0.25, 0.3) is 0 Å². The van der Waals surface area contributed by atoms with Crippen molar-refractivity contribution in [1.82, 2.24) is 19.4 Å². The Labute approximate surface area is 205 Å². The summed E-state index contributed by atoms with van der Waals surface area (Å²) in [5, 5.41) is 0.871. The maximum absolute atomic E-state index is 12.4. The highest BCUT2D eigenvalue weighted by atomic mass is 16.8. The van der Waals surface area contributed by atoms with Crippen molar-refractivity contribution in [2.45, 2.75) is 70.0 Å². The zero-order valence-corrected chi connectivity index (χ0v) is 20.6. The topological polar surface area (TPSA) is 95.5 Å². The highest BCUT2D eigenvalue weighted by Crippen LogP contribution is 2.49. The Kier molecular flexibility index (Phi) is 5.34. The molecule has 8 nitrogen and oxygen atoms in total. The summed E-state index contributed by atoms with van der Waals surface area (Å²) >= 11 is 0. The van der Waals surface area contributed by atoms with E-state index in [1.165, 1.54) is 23.0 Å². The summed E-state index contributed by atoms with van der Waals surface area (Å²) in [6, 6.07) is 8.80. The standard InChI is InChI=1S/C27H33N5O3/c1-27(2)34-23-18(7-5-16-4-6-17-8-10-31(3)22(33)14-19(17)12-16)13-21(24(23)35-27)32-11-9-20-25(28)29-15-30-26(20)32/h4,6,9,11-12,15,18,21,23-24H,5,7-8,10,13-14H2,1-3H3,(H2,28,29,30)/t18-,21+,23+,24-/m0/s1. The zero-order chi connectivity index (χ0) is 24.3. The predicted molar refractivity (Wildman–Crippen MR) is 133 cm³/mol. The maximum Gasteiger partial charge on any atom is 0.226 e. The molecule has 6 rings (SSSR count). The van der Waals surface area contributed by atoms with Crippen LogP contribution in [0.1, 0.15) is 49.4 Å². The fourth-order valence-corrected chi connectivity index (χ4v) is 6.18. The molecule has 1 saturated heterocycles. The minimum atomic E-state index is -0.611. The lowest BCUT2D eigenvalue weighted by Crippen LogP contribution is -2.27. The van der Waals surface area contributed by atoms with Crippen LogP contribution < -0.4 is 5.73 Å². The molecule has 2 aromatic heterocycles. The van der Waals surface area contributed by atoms with Crippen LogP contribution in [0.2, 0.25) is 0 Å². The molecule has 3 aromatic rings. The smallest absolute Gasteiger partial charge is 0.226 e. The van der Waals surface area contributed by atoms with Crippen molar-refractivity contribution in [3.05, 3.63) is 53.5 Å². The average molecular weight is 476 g/mol. The van der Waals surface area contributed by atoms with E-state index in [4.69, 9.17) is 15.2 Å². The number of fused-ring (bicyclic) bond motifs is 3. The van der Waals surface area contributed by atoms with Gasteiger partial charge in [0.1, 0.15) is 23.9 Å². The van der Waals surface area contributed by atoms with E-state index in [1.54, 1.807) is 0 Å². The van der Waals surface area contributed by atoms with Crippen molar-refractivity contribution in [3.63, 3.8) is 0 Å². The number of rotatable bonds is 4. The SMILES string of the molecule is CN1CCc2ccc(CC[C@H]3C[C@@H](n4ccc5c(N)ncnc54)[C@@H]4OC(C)(C)O[C@H]34)cc2CC1=O. The third-order valence-electron chi connectivity index (χ3n) is 8.01. The molecular formula is C27H33N5O3. The number of ether oxygens (including phenoxy) is 2. The summed E-state index contributed by atoms with van der Waals surface area (Å²) < 4.78 is 15.0. The predicted octanol–water partition coefficient (Wildman–Crippen LogP) is 3.28. The number of likely N-dealkylation sites (N-methyl/N-ethyl adjacent to an activating group) is 1. The van der Waals surface area contributed by atoms with E-state index in [2.05, 4.69) is 38.9 Å². The molecule has 1 aromatic carbocycles. The molecule has 2 aliphatic heterocycles. The zero-order valence-electron chi connectivity index (χ0n) is 20.6. The molecule has 8 heteroatoms. The quantitative estimate of drug-likeness (QED) is 0.622. The van der Waals surface area contributed by atoms with Crippen LogP contribution in [0.5, 0.6) is 0 Å². The average Bonchev–Trinajstić information content (AvgIpc) is 3.45. The molecule has 0 unspecified atom stereocenters. The summed E-state index contributed by atoms with van der Waals surface area (Å²) in [7, 11) is 1.89. The third kappa shape index (κ3) is 3.98. The van der Waals surface area contributed by atoms with E-state index >= 15 is 0 Å². The molecule has 2 fully saturated rings. The highest BCUT2D eigenvalue weighted by Gasteiger charge is 2.54. The molecule has 0 spiro atoms. The number of aromatic nitrogens is 3. The van der Waals surface area contributed by atoms with Gasteiger partial charge in [-0.05, 0) is 68.2 Å². The number of hydrogen-bond donors (Lipinski definition) is 1. The van der Waals surface area contributed by atoms with Crippen LogP contribution in [0.15, 0.2) is 36.8 Å². The van der Waals surface area contributed by atoms with Gasteiger partial charge in [-0.1, -0.05) is 18.2 Å². The first-order valence-electron chi connectivity index (χ1n) is 12.6. The van der Waals surface area contributed by atoms with E-state index in [0.29, 0.717) is 18.2 Å². The molecule has 3 aliphatic rings. The summed E-state index contributed by atoms with van der Waals surface area (Å²) in [5.74, 6) is 0.441. The van der Waals surface area contributed by atoms with Crippen LogP contribution in [-0.2, 0) is 33.5 Å². The Morgan fingerprint density at radius 2 is 1.97 bits per heavy atom. The first-order chi connectivity index (χ1) is 16.8. The van der Waals surface area contributed by atoms with Gasteiger partial charge in [0.15, 0.2) is 5.79 Å². The summed E-state index contributed by atoms with van der Waals surface area (Å²) in [5.41, 5.74) is 10.7. The van der Waals surface area contributed by atoms with Crippen molar-refractivity contribution in [2.24, 2.45) is 5.92 Å². The van der Waals surface area contributed by atoms with Gasteiger partial charge in [-0.3, -0.25) is 4.79 Å². The second kappa shape index (κ2) is 8.31. The molecule has 1 saturated carbocycles. The Morgan fingerprint density at radius 3 is 2.83 bits per heavy atom. The van der Waals surface area contributed by atoms with Crippen molar-refractivity contribution < 1.29 is 14.3 Å². The largest absolute Gasteiger partial charge is 0.383 e. The molecule has 1 aliphatic carbocycles. The van der Waals surface area contributed by atoms with Crippen molar-refractivity contribution in [3.8, 4) is 0 Å². The first-order valence-corrected chi connectivity index (χ1v) is 12.6. The van der Waals surface area contributed by atoms with Gasteiger partial charge in [-0.25, -0.2) is 9.97 Å². The lowest BCUT2D eigenvalue weighted by molar-refractivity contribution is -0.160. The number of nitrogens with zero attached hydrogens (tertiary/aromatic N) is 4. The van der Waals surface area contributed by atoms with E-state index in [1.807, 2.05) is 31.9 Å². The van der Waals surface area contributed by atoms with Gasteiger partial charge < -0.3 is 24.7 Å². The van der Waals surface area contributed by atoms with E-state index in [-0.39, 0.29) is 24.2 Å². The third-order valence-corrected chi connectivity index (χ3v) is 8.01. The van der Waals surface area contributed by atoms with Crippen molar-refractivity contribution in [2.75, 3.05) is 19.3 Å². The normalized spacial score (nSPS) is 27.7. The highest BCUT2D eigenvalue weighted by molar-refractivity contribution is 5.86. The number of carbonyl (C=O) groups excluding carboxylic acids is 1. The minimum Gasteiger partial charge on any atom is -0.383 e. The van der Waals surface area contributed by atoms with Crippen LogP contribution in [0.25, 0.3) is 11.0 Å². The second-order valence-corrected chi connectivity index (χ2v) is 10.7. The fourth-order valence-electron chi connectivity index (χ4n) is 6.18. The number of carbonyl (C=O) groups is 1. The van der Waals surface area contributed by atoms with Gasteiger partial charge in [-0.15, -0.1) is 0 Å². The van der Waals surface area contributed by atoms with Crippen LogP contribution in [0.3, 0.4) is 0 Å². The Bertz CT molecular complexity index is 1290. The monoisotopic (exact) mass is 475 g/mol. The van der Waals surface area contributed by atoms with Gasteiger partial charge >= 0.3 is 0 Å². The lowest BCUT2D eigenvalue weighted by atomic mass is 9.93. The number of anilines is 1. The summed E-state index contributed by atoms with van der Waals surface area (Å²) in [6.45, 7) is 4.77. The number of nitrogens with two attached hydrogens (primary N) is 1. The summed E-state index contributed by atoms with van der Waals surface area (Å²) in [4.78, 5) is 22.9. The second-order valence-electron chi connectivity index (χ2n) is 10.7. The Hall–Kier alpha value is -2.97. The van der Waals surface area contributed by atoms with E-state index < -0.39 is 5.79 Å². The molecular weight excluding hydrogens is 442 g/mol. The van der Waals surface area contributed by atoms with Gasteiger partial charge in [-0.2, -0.15) is 0 Å². The molecule has 1 amide bonds.